The summed E-state index contributed by atoms with van der Waals surface area (Å²) >= 11 is 13.2. The first kappa shape index (κ1) is 25.7. The second kappa shape index (κ2) is 10.7. The summed E-state index contributed by atoms with van der Waals surface area (Å²) in [6, 6.07) is 3.29. The summed E-state index contributed by atoms with van der Waals surface area (Å²) in [5.41, 5.74) is 6.38. The van der Waals surface area contributed by atoms with Crippen molar-refractivity contribution in [2.75, 3.05) is 39.6 Å². The minimum absolute atomic E-state index is 0.0462. The van der Waals surface area contributed by atoms with E-state index in [9.17, 15) is 9.59 Å². The van der Waals surface area contributed by atoms with E-state index in [2.05, 4.69) is 21.9 Å². The van der Waals surface area contributed by atoms with Gasteiger partial charge in [-0.05, 0) is 18.6 Å². The Bertz CT molecular complexity index is 1370. The molecule has 4 rings (SSSR count). The molecule has 1 aliphatic heterocycles. The highest BCUT2D eigenvalue weighted by Crippen LogP contribution is 2.45. The second-order valence-electron chi connectivity index (χ2n) is 8.23. The number of likely N-dealkylation sites (tertiary alicyclic amines) is 1. The van der Waals surface area contributed by atoms with E-state index < -0.39 is 0 Å². The third-order valence-corrected chi connectivity index (χ3v) is 6.88. The van der Waals surface area contributed by atoms with Gasteiger partial charge in [0.2, 0.25) is 11.9 Å². The van der Waals surface area contributed by atoms with Gasteiger partial charge in [-0.15, -0.1) is 0 Å². The molecular formula is C24H26Cl2N6O4. The predicted molar refractivity (Wildman–Crippen MR) is 140 cm³/mol. The van der Waals surface area contributed by atoms with Gasteiger partial charge in [0.05, 0.1) is 29.8 Å². The molecule has 12 heteroatoms. The van der Waals surface area contributed by atoms with Crippen molar-refractivity contribution in [2.45, 2.75) is 19.0 Å². The molecule has 1 fully saturated rings. The van der Waals surface area contributed by atoms with E-state index in [1.54, 1.807) is 23.2 Å². The Kier molecular flexibility index (Phi) is 7.67. The van der Waals surface area contributed by atoms with E-state index in [-0.39, 0.29) is 51.2 Å². The highest BCUT2D eigenvalue weighted by Gasteiger charge is 2.25. The lowest BCUT2D eigenvalue weighted by Crippen LogP contribution is -2.37. The lowest BCUT2D eigenvalue weighted by atomic mass is 10.0. The van der Waals surface area contributed by atoms with Crippen molar-refractivity contribution in [3.63, 3.8) is 0 Å². The van der Waals surface area contributed by atoms with Crippen LogP contribution in [0.4, 0.5) is 5.95 Å². The van der Waals surface area contributed by atoms with Gasteiger partial charge in [-0.2, -0.15) is 4.98 Å². The van der Waals surface area contributed by atoms with Crippen LogP contribution in [-0.4, -0.2) is 65.2 Å². The maximum atomic E-state index is 13.8. The van der Waals surface area contributed by atoms with Crippen molar-refractivity contribution in [3.8, 4) is 22.6 Å². The van der Waals surface area contributed by atoms with Crippen LogP contribution in [0.1, 0.15) is 6.42 Å². The Morgan fingerprint density at radius 1 is 1.28 bits per heavy atom. The van der Waals surface area contributed by atoms with Gasteiger partial charge in [0.15, 0.2) is 0 Å². The molecule has 0 bridgehead atoms. The van der Waals surface area contributed by atoms with Gasteiger partial charge < -0.3 is 25.4 Å². The number of carbonyl (C=O) groups is 1. The smallest absolute Gasteiger partial charge is 0.260 e. The summed E-state index contributed by atoms with van der Waals surface area (Å²) in [5, 5.41) is 4.35. The Morgan fingerprint density at radius 2 is 1.97 bits per heavy atom. The van der Waals surface area contributed by atoms with Gasteiger partial charge in [0.1, 0.15) is 17.1 Å². The van der Waals surface area contributed by atoms with Crippen LogP contribution < -0.4 is 26.1 Å². The van der Waals surface area contributed by atoms with E-state index in [1.165, 1.54) is 24.9 Å². The second-order valence-corrected chi connectivity index (χ2v) is 8.99. The zero-order valence-electron chi connectivity index (χ0n) is 19.9. The van der Waals surface area contributed by atoms with Crippen molar-refractivity contribution in [2.24, 2.45) is 0 Å². The van der Waals surface area contributed by atoms with Gasteiger partial charge in [-0.25, -0.2) is 4.98 Å². The maximum Gasteiger partial charge on any atom is 0.260 e. The molecule has 2 aromatic heterocycles. The van der Waals surface area contributed by atoms with Crippen LogP contribution in [0.3, 0.4) is 0 Å². The summed E-state index contributed by atoms with van der Waals surface area (Å²) < 4.78 is 12.2. The molecule has 1 atom stereocenters. The number of ether oxygens (including phenoxy) is 2. The van der Waals surface area contributed by atoms with Crippen molar-refractivity contribution in [1.82, 2.24) is 24.8 Å². The van der Waals surface area contributed by atoms with Crippen LogP contribution in [0.2, 0.25) is 10.0 Å². The topological polar surface area (TPSA) is 125 Å². The zero-order valence-corrected chi connectivity index (χ0v) is 21.4. The van der Waals surface area contributed by atoms with E-state index >= 15 is 0 Å². The minimum Gasteiger partial charge on any atom is -0.495 e. The first-order valence-corrected chi connectivity index (χ1v) is 12.0. The van der Waals surface area contributed by atoms with E-state index in [0.717, 1.165) is 6.42 Å². The molecular weight excluding hydrogens is 507 g/mol. The van der Waals surface area contributed by atoms with Crippen molar-refractivity contribution in [3.05, 3.63) is 51.4 Å². The van der Waals surface area contributed by atoms with Gasteiger partial charge >= 0.3 is 0 Å². The number of fused-ring (bicyclic) bond motifs is 1. The van der Waals surface area contributed by atoms with Crippen LogP contribution in [0.25, 0.3) is 22.2 Å². The van der Waals surface area contributed by atoms with E-state index in [0.29, 0.717) is 42.2 Å². The minimum atomic E-state index is -0.364. The Morgan fingerprint density at radius 3 is 2.61 bits per heavy atom. The number of hydrogen-bond donors (Lipinski definition) is 2. The third-order valence-electron chi connectivity index (χ3n) is 6.13. The summed E-state index contributed by atoms with van der Waals surface area (Å²) in [4.78, 5) is 35.8. The SMILES string of the molecule is C=CC(=O)N1CCC(NCCn2c(=O)c(-c3c(Cl)c(OC)cc(OC)c3Cl)cc3cnc(N)nc32)C1. The van der Waals surface area contributed by atoms with Crippen molar-refractivity contribution in [1.29, 1.82) is 0 Å². The monoisotopic (exact) mass is 532 g/mol. The average Bonchev–Trinajstić information content (AvgIpc) is 3.35. The molecule has 1 saturated heterocycles. The number of hydrogen-bond acceptors (Lipinski definition) is 8. The van der Waals surface area contributed by atoms with E-state index in [1.807, 2.05) is 0 Å². The number of methoxy groups -OCH3 is 2. The van der Waals surface area contributed by atoms with E-state index in [4.69, 9.17) is 38.4 Å². The largest absolute Gasteiger partial charge is 0.495 e. The van der Waals surface area contributed by atoms with Crippen LogP contribution in [0.5, 0.6) is 11.5 Å². The lowest BCUT2D eigenvalue weighted by molar-refractivity contribution is -0.125. The number of nitrogens with zero attached hydrogens (tertiary/aromatic N) is 4. The van der Waals surface area contributed by atoms with Crippen LogP contribution in [0.15, 0.2) is 35.8 Å². The number of rotatable bonds is 8. The fourth-order valence-corrected chi connectivity index (χ4v) is 5.02. The summed E-state index contributed by atoms with van der Waals surface area (Å²) in [6.07, 6.45) is 3.66. The standard InChI is InChI=1S/C24H26Cl2N6O4/c1-4-18(33)31-7-5-14(12-31)28-6-8-32-22-13(11-29-24(27)30-22)9-15(23(32)34)19-20(25)16(35-2)10-17(36-3)21(19)26/h4,9-11,14,28H,1,5-8,12H2,2-3H3,(H2,27,29,30). The fourth-order valence-electron chi connectivity index (χ4n) is 4.32. The molecule has 0 saturated carbocycles. The third kappa shape index (κ3) is 4.84. The number of anilines is 1. The number of nitrogens with one attached hydrogen (secondary N) is 1. The summed E-state index contributed by atoms with van der Waals surface area (Å²) in [6.45, 7) is 5.49. The number of aromatic nitrogens is 3. The van der Waals surface area contributed by atoms with Gasteiger partial charge in [-0.1, -0.05) is 29.8 Å². The van der Waals surface area contributed by atoms with Gasteiger partial charge in [0.25, 0.3) is 5.56 Å². The highest BCUT2D eigenvalue weighted by atomic mass is 35.5. The lowest BCUT2D eigenvalue weighted by Gasteiger charge is -2.18. The maximum absolute atomic E-state index is 13.8. The molecule has 1 aromatic carbocycles. The average molecular weight is 533 g/mol. The summed E-state index contributed by atoms with van der Waals surface area (Å²) in [7, 11) is 2.93. The van der Waals surface area contributed by atoms with Crippen LogP contribution in [-0.2, 0) is 11.3 Å². The number of amides is 1. The van der Waals surface area contributed by atoms with Gasteiger partial charge in [-0.3, -0.25) is 14.2 Å². The fraction of sp³-hybridized carbons (Fsp3) is 0.333. The normalized spacial score (nSPS) is 15.3. The summed E-state index contributed by atoms with van der Waals surface area (Å²) in [5.74, 6) is 0.580. The van der Waals surface area contributed by atoms with Crippen LogP contribution in [0, 0.1) is 0 Å². The molecule has 3 N–H and O–H groups in total. The molecule has 0 spiro atoms. The van der Waals surface area contributed by atoms with Crippen molar-refractivity contribution < 1.29 is 14.3 Å². The number of nitrogens with two attached hydrogens (primary N) is 1. The quantitative estimate of drug-likeness (QED) is 0.424. The molecule has 0 radical (unpaired) electrons. The number of halogens is 2. The molecule has 1 aliphatic rings. The number of pyridine rings is 1. The molecule has 36 heavy (non-hydrogen) atoms. The number of benzene rings is 1. The first-order chi connectivity index (χ1) is 17.3. The number of nitrogen functional groups attached to an aromatic ring is 1. The molecule has 0 aliphatic carbocycles. The Labute approximate surface area is 217 Å². The molecule has 10 nitrogen and oxygen atoms in total. The Balaban J connectivity index is 1.74. The first-order valence-electron chi connectivity index (χ1n) is 11.2. The van der Waals surface area contributed by atoms with Crippen LogP contribution >= 0.6 is 23.2 Å². The molecule has 3 heterocycles. The zero-order chi connectivity index (χ0) is 26.0. The molecule has 1 amide bonds. The predicted octanol–water partition coefficient (Wildman–Crippen LogP) is 2.74. The van der Waals surface area contributed by atoms with Crippen molar-refractivity contribution >= 4 is 46.1 Å². The molecule has 3 aromatic rings. The molecule has 190 valence electrons. The highest BCUT2D eigenvalue weighted by molar-refractivity contribution is 6.41. The Hall–Kier alpha value is -3.34. The molecule has 1 unspecified atom stereocenters. The van der Waals surface area contributed by atoms with Gasteiger partial charge in [0, 0.05) is 55.4 Å². The number of carbonyl (C=O) groups excluding carboxylic acids is 1.